The van der Waals surface area contributed by atoms with Gasteiger partial charge in [-0.3, -0.25) is 9.59 Å². The molecule has 2 N–H and O–H groups in total. The molecule has 24 heavy (non-hydrogen) atoms. The van der Waals surface area contributed by atoms with E-state index in [-0.39, 0.29) is 18.4 Å². The van der Waals surface area contributed by atoms with Crippen LogP contribution < -0.4 is 10.6 Å². The fourth-order valence-corrected chi connectivity index (χ4v) is 2.41. The predicted molar refractivity (Wildman–Crippen MR) is 101 cm³/mol. The molecule has 0 saturated heterocycles. The van der Waals surface area contributed by atoms with E-state index in [2.05, 4.69) is 26.6 Å². The molecule has 0 aliphatic carbocycles. The van der Waals surface area contributed by atoms with Gasteiger partial charge < -0.3 is 15.5 Å². The highest BCUT2D eigenvalue weighted by atomic mass is 79.9. The van der Waals surface area contributed by atoms with Gasteiger partial charge in [0.15, 0.2) is 0 Å². The highest BCUT2D eigenvalue weighted by molar-refractivity contribution is 9.10. The van der Waals surface area contributed by atoms with Crippen molar-refractivity contribution >= 4 is 50.7 Å². The van der Waals surface area contributed by atoms with E-state index in [4.69, 9.17) is 11.6 Å². The third kappa shape index (κ3) is 4.97. The molecule has 7 heteroatoms. The first-order valence-corrected chi connectivity index (χ1v) is 8.34. The van der Waals surface area contributed by atoms with Crippen LogP contribution in [-0.4, -0.2) is 37.4 Å². The Morgan fingerprint density at radius 1 is 1.12 bits per heavy atom. The van der Waals surface area contributed by atoms with E-state index >= 15 is 0 Å². The van der Waals surface area contributed by atoms with Crippen LogP contribution in [0.25, 0.3) is 0 Å². The first-order chi connectivity index (χ1) is 11.4. The molecule has 0 fully saturated rings. The van der Waals surface area contributed by atoms with Crippen molar-refractivity contribution in [2.75, 3.05) is 31.3 Å². The maximum Gasteiger partial charge on any atom is 0.253 e. The minimum absolute atomic E-state index is 0.0371. The van der Waals surface area contributed by atoms with Gasteiger partial charge in [0.1, 0.15) is 0 Å². The highest BCUT2D eigenvalue weighted by Gasteiger charge is 2.11. The van der Waals surface area contributed by atoms with Crippen molar-refractivity contribution in [1.82, 2.24) is 4.90 Å². The summed E-state index contributed by atoms with van der Waals surface area (Å²) in [6.07, 6.45) is 0. The smallest absolute Gasteiger partial charge is 0.253 e. The number of rotatable bonds is 5. The molecule has 2 amide bonds. The average molecular weight is 411 g/mol. The summed E-state index contributed by atoms with van der Waals surface area (Å²) in [5.41, 5.74) is 1.74. The van der Waals surface area contributed by atoms with Gasteiger partial charge in [0, 0.05) is 29.8 Å². The van der Waals surface area contributed by atoms with Crippen LogP contribution in [-0.2, 0) is 4.79 Å². The van der Waals surface area contributed by atoms with Gasteiger partial charge in [-0.2, -0.15) is 0 Å². The van der Waals surface area contributed by atoms with Crippen LogP contribution in [0.5, 0.6) is 0 Å². The van der Waals surface area contributed by atoms with Gasteiger partial charge in [0.25, 0.3) is 5.91 Å². The van der Waals surface area contributed by atoms with Gasteiger partial charge in [-0.15, -0.1) is 0 Å². The molecule has 0 heterocycles. The number of anilines is 2. The molecule has 0 aliphatic heterocycles. The first kappa shape index (κ1) is 18.3. The third-order valence-corrected chi connectivity index (χ3v) is 4.05. The van der Waals surface area contributed by atoms with E-state index in [0.717, 1.165) is 4.47 Å². The SMILES string of the molecule is CN(C)C(=O)c1ccc(Cl)c(NCC(=O)Nc2ccc(Br)cc2)c1. The predicted octanol–water partition coefficient (Wildman–Crippen LogP) is 3.85. The molecule has 2 aromatic rings. The Bertz CT molecular complexity index is 748. The lowest BCUT2D eigenvalue weighted by atomic mass is 10.2. The highest BCUT2D eigenvalue weighted by Crippen LogP contribution is 2.23. The number of nitrogens with zero attached hydrogens (tertiary/aromatic N) is 1. The molecule has 0 atom stereocenters. The second kappa shape index (κ2) is 8.17. The van der Waals surface area contributed by atoms with E-state index in [1.54, 1.807) is 44.4 Å². The summed E-state index contributed by atoms with van der Waals surface area (Å²) in [6, 6.07) is 12.2. The quantitative estimate of drug-likeness (QED) is 0.787. The Morgan fingerprint density at radius 2 is 1.79 bits per heavy atom. The minimum Gasteiger partial charge on any atom is -0.375 e. The Labute approximate surface area is 154 Å². The van der Waals surface area contributed by atoms with Crippen LogP contribution in [0.15, 0.2) is 46.9 Å². The molecule has 0 unspecified atom stereocenters. The zero-order valence-corrected chi connectivity index (χ0v) is 15.6. The molecule has 126 valence electrons. The number of halogens is 2. The fraction of sp³-hybridized carbons (Fsp3) is 0.176. The number of amides is 2. The van der Waals surface area contributed by atoms with Crippen LogP contribution in [0, 0.1) is 0 Å². The fourth-order valence-electron chi connectivity index (χ4n) is 1.97. The Hall–Kier alpha value is -2.05. The number of carbonyl (C=O) groups is 2. The van der Waals surface area contributed by atoms with E-state index in [1.165, 1.54) is 4.90 Å². The number of carbonyl (C=O) groups excluding carboxylic acids is 2. The lowest BCUT2D eigenvalue weighted by molar-refractivity contribution is -0.114. The van der Waals surface area contributed by atoms with E-state index in [9.17, 15) is 9.59 Å². The van der Waals surface area contributed by atoms with E-state index in [1.807, 2.05) is 12.1 Å². The van der Waals surface area contributed by atoms with Gasteiger partial charge in [0.05, 0.1) is 17.3 Å². The summed E-state index contributed by atoms with van der Waals surface area (Å²) in [4.78, 5) is 25.5. The molecule has 5 nitrogen and oxygen atoms in total. The van der Waals surface area contributed by atoms with Crippen molar-refractivity contribution in [1.29, 1.82) is 0 Å². The van der Waals surface area contributed by atoms with Gasteiger partial charge in [-0.05, 0) is 42.5 Å². The third-order valence-electron chi connectivity index (χ3n) is 3.19. The Balaban J connectivity index is 2.00. The topological polar surface area (TPSA) is 61.4 Å². The second-order valence-corrected chi connectivity index (χ2v) is 6.63. The van der Waals surface area contributed by atoms with Crippen LogP contribution in [0.3, 0.4) is 0 Å². The van der Waals surface area contributed by atoms with Gasteiger partial charge in [0.2, 0.25) is 5.91 Å². The molecule has 2 aromatic carbocycles. The average Bonchev–Trinajstić information content (AvgIpc) is 2.55. The molecule has 0 aliphatic rings. The van der Waals surface area contributed by atoms with Gasteiger partial charge in [-0.25, -0.2) is 0 Å². The number of nitrogens with one attached hydrogen (secondary N) is 2. The van der Waals surface area contributed by atoms with Crippen molar-refractivity contribution < 1.29 is 9.59 Å². The zero-order chi connectivity index (χ0) is 17.7. The molecular weight excluding hydrogens is 394 g/mol. The number of hydrogen-bond donors (Lipinski definition) is 2. The standard InChI is InChI=1S/C17H17BrClN3O2/c1-22(2)17(24)11-3-8-14(19)15(9-11)20-10-16(23)21-13-6-4-12(18)5-7-13/h3-9,20H,10H2,1-2H3,(H,21,23). The zero-order valence-electron chi connectivity index (χ0n) is 13.3. The summed E-state index contributed by atoms with van der Waals surface area (Å²) in [5, 5.41) is 6.17. The molecule has 0 radical (unpaired) electrons. The maximum absolute atomic E-state index is 12.0. The minimum atomic E-state index is -0.210. The summed E-state index contributed by atoms with van der Waals surface area (Å²) < 4.78 is 0.938. The molecule has 0 spiro atoms. The largest absolute Gasteiger partial charge is 0.375 e. The Morgan fingerprint density at radius 3 is 2.42 bits per heavy atom. The van der Waals surface area contributed by atoms with Crippen molar-refractivity contribution in [2.45, 2.75) is 0 Å². The van der Waals surface area contributed by atoms with E-state index < -0.39 is 0 Å². The van der Waals surface area contributed by atoms with Crippen molar-refractivity contribution in [3.05, 3.63) is 57.5 Å². The van der Waals surface area contributed by atoms with Crippen LogP contribution in [0.2, 0.25) is 5.02 Å². The van der Waals surface area contributed by atoms with E-state index in [0.29, 0.717) is 22.0 Å². The molecule has 2 rings (SSSR count). The summed E-state index contributed by atoms with van der Waals surface area (Å²) in [6.45, 7) is 0.0371. The second-order valence-electron chi connectivity index (χ2n) is 5.30. The molecule has 0 saturated carbocycles. The van der Waals surface area contributed by atoms with Crippen LogP contribution in [0.1, 0.15) is 10.4 Å². The maximum atomic E-state index is 12.0. The van der Waals surface area contributed by atoms with Crippen molar-refractivity contribution in [2.24, 2.45) is 0 Å². The summed E-state index contributed by atoms with van der Waals surface area (Å²) in [5.74, 6) is -0.341. The number of hydrogen-bond acceptors (Lipinski definition) is 3. The molecular formula is C17H17BrClN3O2. The summed E-state index contributed by atoms with van der Waals surface area (Å²) >= 11 is 9.46. The lowest BCUT2D eigenvalue weighted by Gasteiger charge is -2.13. The molecule has 0 aromatic heterocycles. The van der Waals surface area contributed by atoms with Crippen molar-refractivity contribution in [3.8, 4) is 0 Å². The lowest BCUT2D eigenvalue weighted by Crippen LogP contribution is -2.23. The summed E-state index contributed by atoms with van der Waals surface area (Å²) in [7, 11) is 3.35. The van der Waals surface area contributed by atoms with Crippen molar-refractivity contribution in [3.63, 3.8) is 0 Å². The van der Waals surface area contributed by atoms with Gasteiger partial charge in [-0.1, -0.05) is 27.5 Å². The van der Waals surface area contributed by atoms with Gasteiger partial charge >= 0.3 is 0 Å². The normalized spacial score (nSPS) is 10.2. The van der Waals surface area contributed by atoms with Crippen LogP contribution >= 0.6 is 27.5 Å². The monoisotopic (exact) mass is 409 g/mol. The molecule has 0 bridgehead atoms. The Kier molecular flexibility index (Phi) is 6.23. The first-order valence-electron chi connectivity index (χ1n) is 7.17. The van der Waals surface area contributed by atoms with Crippen LogP contribution in [0.4, 0.5) is 11.4 Å². The number of benzene rings is 2.